The number of rotatable bonds is 0. The van der Waals surface area contributed by atoms with Gasteiger partial charge < -0.3 is 0 Å². The molecular formula is C5H6Br2O. The summed E-state index contributed by atoms with van der Waals surface area (Å²) in [7, 11) is 0. The van der Waals surface area contributed by atoms with Crippen LogP contribution >= 0.6 is 31.9 Å². The lowest BCUT2D eigenvalue weighted by Gasteiger charge is -1.99. The molecule has 0 saturated heterocycles. The van der Waals surface area contributed by atoms with Gasteiger partial charge in [0.1, 0.15) is 5.78 Å². The molecule has 0 radical (unpaired) electrons. The fourth-order valence-corrected chi connectivity index (χ4v) is 1.78. The average molecular weight is 242 g/mol. The second-order valence-corrected chi connectivity index (χ2v) is 4.09. The quantitative estimate of drug-likeness (QED) is 0.592. The Kier molecular flexibility index (Phi) is 2.09. The Morgan fingerprint density at radius 1 is 1.50 bits per heavy atom. The minimum Gasteiger partial charge on any atom is -0.298 e. The molecule has 0 aliphatic heterocycles. The molecule has 0 heterocycles. The van der Waals surface area contributed by atoms with Gasteiger partial charge >= 0.3 is 0 Å². The molecule has 0 N–H and O–H groups in total. The number of ketones is 1. The van der Waals surface area contributed by atoms with Gasteiger partial charge in [0.2, 0.25) is 0 Å². The summed E-state index contributed by atoms with van der Waals surface area (Å²) in [6.07, 6.45) is 1.71. The first-order valence-electron chi connectivity index (χ1n) is 2.52. The molecule has 0 bridgehead atoms. The zero-order valence-electron chi connectivity index (χ0n) is 4.23. The molecule has 1 aliphatic rings. The average Bonchev–Trinajstić information content (AvgIpc) is 1.98. The predicted molar refractivity (Wildman–Crippen MR) is 39.7 cm³/mol. The Morgan fingerprint density at radius 3 is 2.25 bits per heavy atom. The van der Waals surface area contributed by atoms with Crippen LogP contribution in [0.4, 0.5) is 0 Å². The van der Waals surface area contributed by atoms with Gasteiger partial charge in [0.05, 0.1) is 4.83 Å². The minimum absolute atomic E-state index is 0.0718. The van der Waals surface area contributed by atoms with E-state index < -0.39 is 0 Å². The molecule has 0 aromatic heterocycles. The van der Waals surface area contributed by atoms with E-state index in [0.717, 1.165) is 12.8 Å². The van der Waals surface area contributed by atoms with Gasteiger partial charge in [0.15, 0.2) is 0 Å². The van der Waals surface area contributed by atoms with Crippen molar-refractivity contribution in [2.24, 2.45) is 0 Å². The normalized spacial score (nSPS) is 38.5. The van der Waals surface area contributed by atoms with Gasteiger partial charge in [-0.1, -0.05) is 31.9 Å². The molecular weight excluding hydrogens is 236 g/mol. The van der Waals surface area contributed by atoms with E-state index in [4.69, 9.17) is 0 Å². The number of halogens is 2. The lowest BCUT2D eigenvalue weighted by molar-refractivity contribution is -0.116. The molecule has 0 aromatic carbocycles. The van der Waals surface area contributed by atoms with Crippen molar-refractivity contribution in [2.45, 2.75) is 22.5 Å². The maximum absolute atomic E-state index is 10.7. The molecule has 0 aromatic rings. The Balaban J connectivity index is 2.56. The maximum atomic E-state index is 10.7. The maximum Gasteiger partial charge on any atom is 0.147 e. The first-order chi connectivity index (χ1) is 3.72. The third kappa shape index (κ3) is 1.13. The van der Waals surface area contributed by atoms with Crippen LogP contribution in [0.3, 0.4) is 0 Å². The number of carbonyl (C=O) groups excluding carboxylic acids is 1. The van der Waals surface area contributed by atoms with E-state index in [2.05, 4.69) is 31.9 Å². The van der Waals surface area contributed by atoms with Crippen molar-refractivity contribution < 1.29 is 4.79 Å². The van der Waals surface area contributed by atoms with Crippen LogP contribution < -0.4 is 0 Å². The second kappa shape index (κ2) is 2.48. The lowest BCUT2D eigenvalue weighted by Crippen LogP contribution is -2.11. The second-order valence-electron chi connectivity index (χ2n) is 1.92. The molecule has 1 fully saturated rings. The highest BCUT2D eigenvalue weighted by Crippen LogP contribution is 2.28. The first kappa shape index (κ1) is 6.75. The summed E-state index contributed by atoms with van der Waals surface area (Å²) in [6.45, 7) is 0. The Morgan fingerprint density at radius 2 is 2.12 bits per heavy atom. The largest absolute Gasteiger partial charge is 0.298 e. The van der Waals surface area contributed by atoms with E-state index in [-0.39, 0.29) is 4.83 Å². The fourth-order valence-electron chi connectivity index (χ4n) is 0.766. The molecule has 2 atom stereocenters. The third-order valence-corrected chi connectivity index (χ3v) is 4.14. The van der Waals surface area contributed by atoms with Crippen molar-refractivity contribution in [3.05, 3.63) is 0 Å². The number of alkyl halides is 2. The predicted octanol–water partition coefficient (Wildman–Crippen LogP) is 1.88. The van der Waals surface area contributed by atoms with Crippen molar-refractivity contribution in [3.8, 4) is 0 Å². The standard InChI is InChI=1S/C5H6Br2O/c6-3-1-2-4(8)5(3)7/h3,5H,1-2H2. The summed E-state index contributed by atoms with van der Waals surface area (Å²) in [5, 5.41) is 0. The van der Waals surface area contributed by atoms with Gasteiger partial charge in [0, 0.05) is 11.2 Å². The Hall–Kier alpha value is 0.630. The molecule has 1 rings (SSSR count). The first-order valence-corrected chi connectivity index (χ1v) is 4.36. The smallest absolute Gasteiger partial charge is 0.147 e. The summed E-state index contributed by atoms with van der Waals surface area (Å²) in [4.78, 5) is 11.1. The Labute approximate surface area is 65.1 Å². The number of hydrogen-bond acceptors (Lipinski definition) is 1. The van der Waals surface area contributed by atoms with Gasteiger partial charge in [-0.2, -0.15) is 0 Å². The van der Waals surface area contributed by atoms with Gasteiger partial charge in [-0.25, -0.2) is 0 Å². The van der Waals surface area contributed by atoms with Crippen molar-refractivity contribution in [1.29, 1.82) is 0 Å². The van der Waals surface area contributed by atoms with Crippen LogP contribution in [0.15, 0.2) is 0 Å². The molecule has 1 aliphatic carbocycles. The van der Waals surface area contributed by atoms with Crippen molar-refractivity contribution in [1.82, 2.24) is 0 Å². The summed E-state index contributed by atoms with van der Waals surface area (Å²) in [5.74, 6) is 0.326. The molecule has 46 valence electrons. The highest BCUT2D eigenvalue weighted by atomic mass is 79.9. The van der Waals surface area contributed by atoms with E-state index in [1.807, 2.05) is 0 Å². The molecule has 3 heteroatoms. The van der Waals surface area contributed by atoms with Gasteiger partial charge in [-0.05, 0) is 6.42 Å². The van der Waals surface area contributed by atoms with E-state index in [1.165, 1.54) is 0 Å². The third-order valence-electron chi connectivity index (χ3n) is 1.29. The monoisotopic (exact) mass is 240 g/mol. The number of hydrogen-bond donors (Lipinski definition) is 0. The number of Topliss-reactive ketones (excluding diaryl/α,β-unsaturated/α-hetero) is 1. The minimum atomic E-state index is 0.0718. The van der Waals surface area contributed by atoms with Crippen LogP contribution in [-0.4, -0.2) is 15.4 Å². The van der Waals surface area contributed by atoms with Crippen LogP contribution in [0.2, 0.25) is 0 Å². The van der Waals surface area contributed by atoms with Crippen LogP contribution in [-0.2, 0) is 4.79 Å². The molecule has 1 nitrogen and oxygen atoms in total. The van der Waals surface area contributed by atoms with Crippen LogP contribution in [0.1, 0.15) is 12.8 Å². The van der Waals surface area contributed by atoms with Crippen molar-refractivity contribution in [2.75, 3.05) is 0 Å². The van der Waals surface area contributed by atoms with Crippen LogP contribution in [0.25, 0.3) is 0 Å². The zero-order chi connectivity index (χ0) is 6.15. The fraction of sp³-hybridized carbons (Fsp3) is 0.800. The molecule has 2 unspecified atom stereocenters. The Bertz CT molecular complexity index is 113. The summed E-state index contributed by atoms with van der Waals surface area (Å²) in [5.41, 5.74) is 0. The van der Waals surface area contributed by atoms with Crippen LogP contribution in [0, 0.1) is 0 Å². The van der Waals surface area contributed by atoms with Gasteiger partial charge in [0.25, 0.3) is 0 Å². The highest BCUT2D eigenvalue weighted by molar-refractivity contribution is 9.12. The number of carbonyl (C=O) groups is 1. The van der Waals surface area contributed by atoms with Gasteiger partial charge in [-0.15, -0.1) is 0 Å². The topological polar surface area (TPSA) is 17.1 Å². The summed E-state index contributed by atoms with van der Waals surface area (Å²) in [6, 6.07) is 0. The highest BCUT2D eigenvalue weighted by Gasteiger charge is 2.29. The molecule has 8 heavy (non-hydrogen) atoms. The van der Waals surface area contributed by atoms with E-state index in [0.29, 0.717) is 10.6 Å². The van der Waals surface area contributed by atoms with E-state index in [9.17, 15) is 4.79 Å². The molecule has 1 saturated carbocycles. The van der Waals surface area contributed by atoms with Crippen LogP contribution in [0.5, 0.6) is 0 Å². The summed E-state index contributed by atoms with van der Waals surface area (Å²) < 4.78 is 0. The van der Waals surface area contributed by atoms with E-state index in [1.54, 1.807) is 0 Å². The zero-order valence-corrected chi connectivity index (χ0v) is 7.41. The van der Waals surface area contributed by atoms with Gasteiger partial charge in [-0.3, -0.25) is 4.79 Å². The van der Waals surface area contributed by atoms with Crippen molar-refractivity contribution in [3.63, 3.8) is 0 Å². The SMILES string of the molecule is O=C1CCC(Br)C1Br. The van der Waals surface area contributed by atoms with Crippen molar-refractivity contribution >= 4 is 37.6 Å². The summed E-state index contributed by atoms with van der Waals surface area (Å²) >= 11 is 6.65. The van der Waals surface area contributed by atoms with E-state index >= 15 is 0 Å². The molecule has 0 spiro atoms. The lowest BCUT2D eigenvalue weighted by atomic mass is 10.4. The molecule has 0 amide bonds.